The Morgan fingerprint density at radius 3 is 2.25 bits per heavy atom. The normalized spacial score (nSPS) is 13.2. The molecule has 0 radical (unpaired) electrons. The van der Waals surface area contributed by atoms with Gasteiger partial charge in [-0.2, -0.15) is 0 Å². The van der Waals surface area contributed by atoms with Crippen LogP contribution in [0.15, 0.2) is 0 Å². The molecule has 0 heterocycles. The Bertz CT molecular complexity index is 334. The Morgan fingerprint density at radius 1 is 1.10 bits per heavy atom. The number of aliphatic carboxylic acids is 1. The van der Waals surface area contributed by atoms with E-state index in [4.69, 9.17) is 5.11 Å². The number of rotatable bonds is 9. The summed E-state index contributed by atoms with van der Waals surface area (Å²) in [5.41, 5.74) is 0. The second kappa shape index (κ2) is 10.1. The van der Waals surface area contributed by atoms with E-state index in [-0.39, 0.29) is 12.3 Å². The van der Waals surface area contributed by atoms with Crippen molar-refractivity contribution in [3.8, 4) is 0 Å². The fourth-order valence-electron chi connectivity index (χ4n) is 1.68. The molecule has 0 aliphatic heterocycles. The lowest BCUT2D eigenvalue weighted by molar-refractivity contribution is -0.137. The maximum Gasteiger partial charge on any atom is 0.315 e. The average molecular weight is 287 g/mol. The topological polar surface area (TPSA) is 108 Å². The van der Waals surface area contributed by atoms with Gasteiger partial charge in [0.05, 0.1) is 6.42 Å². The molecule has 2 unspecified atom stereocenters. The van der Waals surface area contributed by atoms with Crippen LogP contribution in [0, 0.1) is 0 Å². The molecule has 0 aliphatic carbocycles. The number of hydrogen-bond donors (Lipinski definition) is 4. The lowest BCUT2D eigenvalue weighted by atomic mass is 10.1. The van der Waals surface area contributed by atoms with Gasteiger partial charge < -0.3 is 21.1 Å². The number of carboxylic acids is 1. The molecule has 20 heavy (non-hydrogen) atoms. The van der Waals surface area contributed by atoms with Gasteiger partial charge >= 0.3 is 12.0 Å². The molecule has 2 atom stereocenters. The first-order valence-corrected chi connectivity index (χ1v) is 6.97. The minimum atomic E-state index is -0.961. The number of carbonyl (C=O) groups excluding carboxylic acids is 2. The van der Waals surface area contributed by atoms with E-state index in [0.717, 1.165) is 12.8 Å². The largest absolute Gasteiger partial charge is 0.481 e. The van der Waals surface area contributed by atoms with Crippen molar-refractivity contribution >= 4 is 17.9 Å². The van der Waals surface area contributed by atoms with Crippen molar-refractivity contribution in [3.63, 3.8) is 0 Å². The van der Waals surface area contributed by atoms with Crippen molar-refractivity contribution < 1.29 is 19.5 Å². The van der Waals surface area contributed by atoms with Gasteiger partial charge in [-0.1, -0.05) is 20.3 Å². The van der Waals surface area contributed by atoms with Gasteiger partial charge in [0.15, 0.2) is 0 Å². The molecular weight excluding hydrogens is 262 g/mol. The Hall–Kier alpha value is -1.79. The Kier molecular flexibility index (Phi) is 9.15. The van der Waals surface area contributed by atoms with Gasteiger partial charge in [0.25, 0.3) is 0 Å². The Balaban J connectivity index is 4.23. The van der Waals surface area contributed by atoms with Crippen LogP contribution in [0.2, 0.25) is 0 Å². The third kappa shape index (κ3) is 8.34. The summed E-state index contributed by atoms with van der Waals surface area (Å²) in [5.74, 6) is -1.22. The van der Waals surface area contributed by atoms with E-state index in [9.17, 15) is 14.4 Å². The molecule has 0 aromatic carbocycles. The van der Waals surface area contributed by atoms with Crippen LogP contribution in [0.4, 0.5) is 4.79 Å². The Morgan fingerprint density at radius 2 is 1.75 bits per heavy atom. The highest BCUT2D eigenvalue weighted by Crippen LogP contribution is 2.01. The first kappa shape index (κ1) is 18.2. The summed E-state index contributed by atoms with van der Waals surface area (Å²) in [7, 11) is 0. The van der Waals surface area contributed by atoms with Gasteiger partial charge in [-0.05, 0) is 19.8 Å². The summed E-state index contributed by atoms with van der Waals surface area (Å²) in [6.07, 6.45) is 2.04. The van der Waals surface area contributed by atoms with Gasteiger partial charge in [0.1, 0.15) is 6.04 Å². The molecule has 7 nitrogen and oxygen atoms in total. The SMILES string of the molecule is CCCNC(=O)C(C)NC(=O)NC(CCC)CC(=O)O. The molecule has 0 spiro atoms. The molecule has 0 aromatic heterocycles. The molecule has 0 fully saturated rings. The maximum atomic E-state index is 11.7. The van der Waals surface area contributed by atoms with Crippen molar-refractivity contribution in [2.24, 2.45) is 0 Å². The molecule has 0 bridgehead atoms. The second-order valence-electron chi connectivity index (χ2n) is 4.71. The maximum absolute atomic E-state index is 11.7. The van der Waals surface area contributed by atoms with Gasteiger partial charge in [-0.3, -0.25) is 9.59 Å². The molecule has 0 saturated heterocycles. The molecule has 0 aromatic rings. The number of amides is 3. The molecular formula is C13H25N3O4. The van der Waals surface area contributed by atoms with Gasteiger partial charge in [0, 0.05) is 12.6 Å². The highest BCUT2D eigenvalue weighted by Gasteiger charge is 2.18. The van der Waals surface area contributed by atoms with Crippen LogP contribution >= 0.6 is 0 Å². The number of carboxylic acid groups (broad SMARTS) is 1. The second-order valence-corrected chi connectivity index (χ2v) is 4.71. The number of hydrogen-bond acceptors (Lipinski definition) is 3. The zero-order valence-corrected chi connectivity index (χ0v) is 12.4. The molecule has 116 valence electrons. The average Bonchev–Trinajstić information content (AvgIpc) is 2.35. The van der Waals surface area contributed by atoms with Crippen molar-refractivity contribution in [3.05, 3.63) is 0 Å². The van der Waals surface area contributed by atoms with E-state index in [1.54, 1.807) is 6.92 Å². The van der Waals surface area contributed by atoms with E-state index in [2.05, 4.69) is 16.0 Å². The first-order valence-electron chi connectivity index (χ1n) is 6.97. The molecule has 4 N–H and O–H groups in total. The fourth-order valence-corrected chi connectivity index (χ4v) is 1.68. The van der Waals surface area contributed by atoms with E-state index in [0.29, 0.717) is 13.0 Å². The third-order valence-electron chi connectivity index (χ3n) is 2.68. The van der Waals surface area contributed by atoms with E-state index >= 15 is 0 Å². The van der Waals surface area contributed by atoms with Crippen LogP contribution in [0.1, 0.15) is 46.5 Å². The van der Waals surface area contributed by atoms with E-state index in [1.807, 2.05) is 13.8 Å². The van der Waals surface area contributed by atoms with Crippen LogP contribution < -0.4 is 16.0 Å². The predicted molar refractivity (Wildman–Crippen MR) is 75.4 cm³/mol. The summed E-state index contributed by atoms with van der Waals surface area (Å²) >= 11 is 0. The van der Waals surface area contributed by atoms with Gasteiger partial charge in [-0.25, -0.2) is 4.79 Å². The van der Waals surface area contributed by atoms with Gasteiger partial charge in [0.2, 0.25) is 5.91 Å². The summed E-state index contributed by atoms with van der Waals surface area (Å²) in [6.45, 7) is 5.99. The monoisotopic (exact) mass is 287 g/mol. The summed E-state index contributed by atoms with van der Waals surface area (Å²) in [5, 5.41) is 16.5. The standard InChI is InChI=1S/C13H25N3O4/c1-4-6-10(8-11(17)18)16-13(20)15-9(3)12(19)14-7-5-2/h9-10H,4-8H2,1-3H3,(H,14,19)(H,17,18)(H2,15,16,20). The minimum Gasteiger partial charge on any atom is -0.481 e. The molecule has 3 amide bonds. The van der Waals surface area contributed by atoms with Crippen LogP contribution in [-0.4, -0.2) is 41.6 Å². The molecule has 0 saturated carbocycles. The smallest absolute Gasteiger partial charge is 0.315 e. The summed E-state index contributed by atoms with van der Waals surface area (Å²) < 4.78 is 0. The van der Waals surface area contributed by atoms with Gasteiger partial charge in [-0.15, -0.1) is 0 Å². The van der Waals surface area contributed by atoms with Crippen LogP contribution in [0.5, 0.6) is 0 Å². The number of urea groups is 1. The predicted octanol–water partition coefficient (Wildman–Crippen LogP) is 0.844. The number of nitrogens with one attached hydrogen (secondary N) is 3. The van der Waals surface area contributed by atoms with E-state index < -0.39 is 24.1 Å². The van der Waals surface area contributed by atoms with Crippen molar-refractivity contribution in [2.75, 3.05) is 6.54 Å². The van der Waals surface area contributed by atoms with Crippen molar-refractivity contribution in [1.82, 2.24) is 16.0 Å². The van der Waals surface area contributed by atoms with E-state index in [1.165, 1.54) is 0 Å². The van der Waals surface area contributed by atoms with Crippen LogP contribution in [-0.2, 0) is 9.59 Å². The summed E-state index contributed by atoms with van der Waals surface area (Å²) in [4.78, 5) is 34.0. The zero-order valence-electron chi connectivity index (χ0n) is 12.4. The lowest BCUT2D eigenvalue weighted by Crippen LogP contribution is -2.51. The van der Waals surface area contributed by atoms with Crippen LogP contribution in [0.25, 0.3) is 0 Å². The molecule has 0 rings (SSSR count). The quantitative estimate of drug-likeness (QED) is 0.504. The molecule has 7 heteroatoms. The zero-order chi connectivity index (χ0) is 15.5. The highest BCUT2D eigenvalue weighted by molar-refractivity contribution is 5.86. The highest BCUT2D eigenvalue weighted by atomic mass is 16.4. The Labute approximate surface area is 119 Å². The van der Waals surface area contributed by atoms with Crippen molar-refractivity contribution in [1.29, 1.82) is 0 Å². The number of carbonyl (C=O) groups is 3. The first-order chi connectivity index (χ1) is 9.40. The lowest BCUT2D eigenvalue weighted by Gasteiger charge is -2.19. The van der Waals surface area contributed by atoms with Crippen LogP contribution in [0.3, 0.4) is 0 Å². The summed E-state index contributed by atoms with van der Waals surface area (Å²) in [6, 6.07) is -1.61. The molecule has 0 aliphatic rings. The van der Waals surface area contributed by atoms with Crippen molar-refractivity contribution in [2.45, 2.75) is 58.5 Å². The third-order valence-corrected chi connectivity index (χ3v) is 2.68. The fraction of sp³-hybridized carbons (Fsp3) is 0.769. The minimum absolute atomic E-state index is 0.127.